The van der Waals surface area contributed by atoms with Crippen LogP contribution in [0.5, 0.6) is 0 Å². The molecule has 1 N–H and O–H groups in total. The Labute approximate surface area is 84.3 Å². The van der Waals surface area contributed by atoms with Crippen molar-refractivity contribution in [1.82, 2.24) is 9.80 Å². The lowest BCUT2D eigenvalue weighted by atomic mass is 10.1. The molecule has 14 heavy (non-hydrogen) atoms. The minimum Gasteiger partial charge on any atom is -0.480 e. The van der Waals surface area contributed by atoms with Crippen LogP contribution in [0.3, 0.4) is 0 Å². The maximum absolute atomic E-state index is 11.2. The first-order chi connectivity index (χ1) is 6.36. The molecule has 0 radical (unpaired) electrons. The van der Waals surface area contributed by atoms with E-state index < -0.39 is 12.0 Å². The highest BCUT2D eigenvalue weighted by Gasteiger charge is 2.20. The van der Waals surface area contributed by atoms with Crippen molar-refractivity contribution in [3.05, 3.63) is 0 Å². The van der Waals surface area contributed by atoms with Gasteiger partial charge in [-0.1, -0.05) is 0 Å². The molecule has 0 saturated carbocycles. The first-order valence-electron chi connectivity index (χ1n) is 4.45. The maximum Gasteiger partial charge on any atom is 0.320 e. The summed E-state index contributed by atoms with van der Waals surface area (Å²) in [6.07, 6.45) is 0.613. The molecule has 82 valence electrons. The van der Waals surface area contributed by atoms with E-state index in [9.17, 15) is 9.59 Å². The standard InChI is InChI=1S/C9H18N2O3/c1-10(2)7(9(13)14)5-6-8(12)11(3)4/h7H,5-6H2,1-4H3,(H,13,14). The van der Waals surface area contributed by atoms with E-state index >= 15 is 0 Å². The lowest BCUT2D eigenvalue weighted by Crippen LogP contribution is -2.36. The highest BCUT2D eigenvalue weighted by atomic mass is 16.4. The van der Waals surface area contributed by atoms with Gasteiger partial charge in [-0.15, -0.1) is 0 Å². The summed E-state index contributed by atoms with van der Waals surface area (Å²) in [6, 6.07) is -0.584. The van der Waals surface area contributed by atoms with E-state index in [1.165, 1.54) is 4.90 Å². The SMILES string of the molecule is CN(C)C(=O)CCC(C(=O)O)N(C)C. The van der Waals surface area contributed by atoms with E-state index in [0.717, 1.165) is 0 Å². The van der Waals surface area contributed by atoms with Crippen LogP contribution in [0.1, 0.15) is 12.8 Å². The van der Waals surface area contributed by atoms with Gasteiger partial charge in [0.25, 0.3) is 0 Å². The molecular weight excluding hydrogens is 184 g/mol. The molecule has 5 heteroatoms. The van der Waals surface area contributed by atoms with Crippen molar-refractivity contribution >= 4 is 11.9 Å². The molecule has 0 aromatic carbocycles. The van der Waals surface area contributed by atoms with Gasteiger partial charge in [0.05, 0.1) is 0 Å². The van der Waals surface area contributed by atoms with Gasteiger partial charge in [-0.25, -0.2) is 0 Å². The van der Waals surface area contributed by atoms with E-state index in [4.69, 9.17) is 5.11 Å². The van der Waals surface area contributed by atoms with Crippen LogP contribution >= 0.6 is 0 Å². The Kier molecular flexibility index (Phi) is 5.15. The van der Waals surface area contributed by atoms with Gasteiger partial charge < -0.3 is 10.0 Å². The Morgan fingerprint density at radius 1 is 1.21 bits per heavy atom. The zero-order valence-corrected chi connectivity index (χ0v) is 9.15. The number of aliphatic carboxylic acids is 1. The second-order valence-corrected chi connectivity index (χ2v) is 3.64. The fraction of sp³-hybridized carbons (Fsp3) is 0.778. The molecule has 0 aromatic rings. The highest BCUT2D eigenvalue weighted by Crippen LogP contribution is 2.04. The van der Waals surface area contributed by atoms with Crippen molar-refractivity contribution in [3.63, 3.8) is 0 Å². The summed E-state index contributed by atoms with van der Waals surface area (Å²) in [5.41, 5.74) is 0. The van der Waals surface area contributed by atoms with Gasteiger partial charge in [0.2, 0.25) is 5.91 Å². The summed E-state index contributed by atoms with van der Waals surface area (Å²) in [5, 5.41) is 8.83. The van der Waals surface area contributed by atoms with E-state index in [2.05, 4.69) is 0 Å². The summed E-state index contributed by atoms with van der Waals surface area (Å²) < 4.78 is 0. The molecular formula is C9H18N2O3. The van der Waals surface area contributed by atoms with Gasteiger partial charge in [-0.2, -0.15) is 0 Å². The number of nitrogens with zero attached hydrogens (tertiary/aromatic N) is 2. The Morgan fingerprint density at radius 2 is 1.71 bits per heavy atom. The van der Waals surface area contributed by atoms with Crippen LogP contribution in [0.25, 0.3) is 0 Å². The monoisotopic (exact) mass is 202 g/mol. The van der Waals surface area contributed by atoms with Gasteiger partial charge >= 0.3 is 5.97 Å². The Balaban J connectivity index is 4.08. The van der Waals surface area contributed by atoms with Crippen LogP contribution in [0.2, 0.25) is 0 Å². The molecule has 0 aromatic heterocycles. The van der Waals surface area contributed by atoms with Gasteiger partial charge in [0, 0.05) is 20.5 Å². The fourth-order valence-corrected chi connectivity index (χ4v) is 1.09. The van der Waals surface area contributed by atoms with Crippen molar-refractivity contribution < 1.29 is 14.7 Å². The van der Waals surface area contributed by atoms with Crippen LogP contribution in [0.4, 0.5) is 0 Å². The van der Waals surface area contributed by atoms with E-state index in [1.807, 2.05) is 0 Å². The zero-order chi connectivity index (χ0) is 11.3. The smallest absolute Gasteiger partial charge is 0.320 e. The number of likely N-dealkylation sites (N-methyl/N-ethyl adjacent to an activating group) is 1. The lowest BCUT2D eigenvalue weighted by molar-refractivity contribution is -0.142. The first kappa shape index (κ1) is 12.9. The van der Waals surface area contributed by atoms with Gasteiger partial charge in [0.1, 0.15) is 6.04 Å². The zero-order valence-electron chi connectivity index (χ0n) is 9.15. The molecule has 0 aliphatic carbocycles. The summed E-state index contributed by atoms with van der Waals surface area (Å²) >= 11 is 0. The van der Waals surface area contributed by atoms with Crippen LogP contribution in [-0.2, 0) is 9.59 Å². The largest absolute Gasteiger partial charge is 0.480 e. The number of carboxylic acid groups (broad SMARTS) is 1. The second kappa shape index (κ2) is 5.59. The third-order valence-electron chi connectivity index (χ3n) is 2.04. The van der Waals surface area contributed by atoms with Crippen LogP contribution < -0.4 is 0 Å². The molecule has 0 saturated heterocycles. The van der Waals surface area contributed by atoms with Gasteiger partial charge in [-0.3, -0.25) is 14.5 Å². The normalized spacial score (nSPS) is 12.6. The number of carboxylic acids is 1. The topological polar surface area (TPSA) is 60.9 Å². The molecule has 1 unspecified atom stereocenters. The second-order valence-electron chi connectivity index (χ2n) is 3.64. The van der Waals surface area contributed by atoms with Crippen molar-refractivity contribution in [2.75, 3.05) is 28.2 Å². The summed E-state index contributed by atoms with van der Waals surface area (Å²) in [4.78, 5) is 25.0. The summed E-state index contributed by atoms with van der Waals surface area (Å²) in [7, 11) is 6.71. The Bertz CT molecular complexity index is 214. The highest BCUT2D eigenvalue weighted by molar-refractivity contribution is 5.78. The third-order valence-corrected chi connectivity index (χ3v) is 2.04. The average Bonchev–Trinajstić information content (AvgIpc) is 2.02. The summed E-state index contributed by atoms with van der Waals surface area (Å²) in [6.45, 7) is 0. The number of rotatable bonds is 5. The Morgan fingerprint density at radius 3 is 2.00 bits per heavy atom. The molecule has 1 amide bonds. The number of carbonyl (C=O) groups is 2. The maximum atomic E-state index is 11.2. The van der Waals surface area contributed by atoms with Gasteiger partial charge in [0.15, 0.2) is 0 Å². The molecule has 0 aliphatic heterocycles. The predicted molar refractivity (Wildman–Crippen MR) is 53.0 cm³/mol. The van der Waals surface area contributed by atoms with Crippen LogP contribution in [0.15, 0.2) is 0 Å². The predicted octanol–water partition coefficient (Wildman–Crippen LogP) is -0.130. The number of carbonyl (C=O) groups excluding carboxylic acids is 1. The molecule has 0 bridgehead atoms. The molecule has 0 heterocycles. The molecule has 0 spiro atoms. The van der Waals surface area contributed by atoms with E-state index in [-0.39, 0.29) is 12.3 Å². The molecule has 0 rings (SSSR count). The van der Waals surface area contributed by atoms with Crippen molar-refractivity contribution in [2.24, 2.45) is 0 Å². The van der Waals surface area contributed by atoms with Crippen LogP contribution in [-0.4, -0.2) is 61.0 Å². The molecule has 0 fully saturated rings. The molecule has 0 aliphatic rings. The number of amides is 1. The number of hydrogen-bond acceptors (Lipinski definition) is 3. The third kappa shape index (κ3) is 4.23. The van der Waals surface area contributed by atoms with Gasteiger partial charge in [-0.05, 0) is 20.5 Å². The fourth-order valence-electron chi connectivity index (χ4n) is 1.09. The van der Waals surface area contributed by atoms with Crippen LogP contribution in [0, 0.1) is 0 Å². The number of hydrogen-bond donors (Lipinski definition) is 1. The summed E-state index contributed by atoms with van der Waals surface area (Å²) in [5.74, 6) is -0.931. The molecule has 1 atom stereocenters. The minimum atomic E-state index is -0.887. The quantitative estimate of drug-likeness (QED) is 0.674. The van der Waals surface area contributed by atoms with Crippen molar-refractivity contribution in [1.29, 1.82) is 0 Å². The van der Waals surface area contributed by atoms with E-state index in [0.29, 0.717) is 6.42 Å². The minimum absolute atomic E-state index is 0.0434. The molecule has 5 nitrogen and oxygen atoms in total. The average molecular weight is 202 g/mol. The Hall–Kier alpha value is -1.10. The first-order valence-corrected chi connectivity index (χ1v) is 4.45. The van der Waals surface area contributed by atoms with Crippen molar-refractivity contribution in [2.45, 2.75) is 18.9 Å². The van der Waals surface area contributed by atoms with Crippen molar-refractivity contribution in [3.8, 4) is 0 Å². The van der Waals surface area contributed by atoms with E-state index in [1.54, 1.807) is 33.1 Å². The lowest BCUT2D eigenvalue weighted by Gasteiger charge is -2.20.